The number of rotatable bonds is 13. The van der Waals surface area contributed by atoms with Gasteiger partial charge in [-0.1, -0.05) is 31.1 Å². The number of anilines is 1. The molecular weight excluding hydrogens is 442 g/mol. The average Bonchev–Trinajstić information content (AvgIpc) is 3.53. The summed E-state index contributed by atoms with van der Waals surface area (Å²) in [5.41, 5.74) is 4.20. The number of ether oxygens (including phenoxy) is 2. The van der Waals surface area contributed by atoms with E-state index in [0.717, 1.165) is 56.1 Å². The Morgan fingerprint density at radius 3 is 2.63 bits per heavy atom. The molecule has 8 nitrogen and oxygen atoms in total. The molecule has 1 atom stereocenters. The number of fused-ring (bicyclic) bond motifs is 1. The lowest BCUT2D eigenvalue weighted by molar-refractivity contribution is 0.288. The van der Waals surface area contributed by atoms with Crippen LogP contribution in [-0.4, -0.2) is 67.5 Å². The van der Waals surface area contributed by atoms with Crippen molar-refractivity contribution >= 4 is 5.69 Å². The van der Waals surface area contributed by atoms with Gasteiger partial charge in [0.1, 0.15) is 0 Å². The molecule has 0 saturated heterocycles. The van der Waals surface area contributed by atoms with Gasteiger partial charge in [-0.3, -0.25) is 0 Å². The second-order valence-electron chi connectivity index (χ2n) is 8.53. The Kier molecular flexibility index (Phi) is 8.60. The van der Waals surface area contributed by atoms with Crippen molar-refractivity contribution < 1.29 is 14.0 Å². The highest BCUT2D eigenvalue weighted by atomic mass is 16.5. The summed E-state index contributed by atoms with van der Waals surface area (Å²) < 4.78 is 17.1. The van der Waals surface area contributed by atoms with E-state index in [4.69, 9.17) is 19.0 Å². The first-order valence-electron chi connectivity index (χ1n) is 12.7. The van der Waals surface area contributed by atoms with Crippen LogP contribution in [0.4, 0.5) is 5.69 Å². The highest BCUT2D eigenvalue weighted by molar-refractivity contribution is 5.74. The predicted octanol–water partition coefficient (Wildman–Crippen LogP) is 4.64. The quantitative estimate of drug-likeness (QED) is 0.343. The molecule has 2 N–H and O–H groups in total. The summed E-state index contributed by atoms with van der Waals surface area (Å²) in [5.74, 6) is 2.78. The van der Waals surface area contributed by atoms with Crippen LogP contribution in [0.2, 0.25) is 0 Å². The third-order valence-electron chi connectivity index (χ3n) is 6.40. The molecule has 0 fully saturated rings. The third kappa shape index (κ3) is 5.77. The van der Waals surface area contributed by atoms with Gasteiger partial charge in [0.2, 0.25) is 5.82 Å². The Morgan fingerprint density at radius 1 is 1.06 bits per heavy atom. The first-order valence-corrected chi connectivity index (χ1v) is 12.7. The van der Waals surface area contributed by atoms with Crippen LogP contribution in [0.1, 0.15) is 39.2 Å². The molecule has 2 aromatic carbocycles. The molecule has 0 spiro atoms. The second-order valence-corrected chi connectivity index (χ2v) is 8.53. The van der Waals surface area contributed by atoms with E-state index in [9.17, 15) is 0 Å². The first-order chi connectivity index (χ1) is 17.2. The van der Waals surface area contributed by atoms with Gasteiger partial charge in [0.05, 0.1) is 13.2 Å². The lowest BCUT2D eigenvalue weighted by Gasteiger charge is -2.19. The minimum absolute atomic E-state index is 0.342. The van der Waals surface area contributed by atoms with Gasteiger partial charge in [0.15, 0.2) is 11.5 Å². The maximum atomic E-state index is 5.76. The third-order valence-corrected chi connectivity index (χ3v) is 6.40. The number of likely N-dealkylation sites (N-methyl/N-ethyl adjacent to an activating group) is 1. The Bertz CT molecular complexity index is 1100. The molecular formula is C27H37N5O3. The molecule has 1 unspecified atom stereocenters. The van der Waals surface area contributed by atoms with E-state index >= 15 is 0 Å². The van der Waals surface area contributed by atoms with Crippen molar-refractivity contribution in [3.8, 4) is 34.3 Å². The zero-order valence-corrected chi connectivity index (χ0v) is 21.3. The van der Waals surface area contributed by atoms with Gasteiger partial charge in [0.25, 0.3) is 5.89 Å². The Balaban J connectivity index is 1.52. The van der Waals surface area contributed by atoms with Crippen molar-refractivity contribution in [2.45, 2.75) is 33.6 Å². The highest BCUT2D eigenvalue weighted by Crippen LogP contribution is 2.39. The first kappa shape index (κ1) is 25.0. The summed E-state index contributed by atoms with van der Waals surface area (Å²) in [7, 11) is 0. The maximum Gasteiger partial charge on any atom is 0.258 e. The van der Waals surface area contributed by atoms with E-state index in [1.54, 1.807) is 0 Å². The van der Waals surface area contributed by atoms with Crippen molar-refractivity contribution in [2.24, 2.45) is 0 Å². The SMILES string of the molecule is CCOc1ccc(-c2nc(-c3cccc4c3C(CNCCN(CC)CC)CN4)no2)cc1OCC. The van der Waals surface area contributed by atoms with Gasteiger partial charge < -0.3 is 29.5 Å². The number of hydrogen-bond acceptors (Lipinski definition) is 8. The topological polar surface area (TPSA) is 84.7 Å². The Hall–Kier alpha value is -3.10. The van der Waals surface area contributed by atoms with Crippen molar-refractivity contribution in [1.82, 2.24) is 20.4 Å². The number of hydrogen-bond donors (Lipinski definition) is 2. The predicted molar refractivity (Wildman–Crippen MR) is 139 cm³/mol. The molecule has 8 heteroatoms. The molecule has 35 heavy (non-hydrogen) atoms. The lowest BCUT2D eigenvalue weighted by atomic mass is 9.95. The van der Waals surface area contributed by atoms with E-state index in [2.05, 4.69) is 46.7 Å². The molecule has 188 valence electrons. The molecule has 2 heterocycles. The number of aromatic nitrogens is 2. The average molecular weight is 480 g/mol. The lowest BCUT2D eigenvalue weighted by Crippen LogP contribution is -2.34. The minimum atomic E-state index is 0.342. The van der Waals surface area contributed by atoms with Crippen LogP contribution >= 0.6 is 0 Å². The Morgan fingerprint density at radius 2 is 1.86 bits per heavy atom. The highest BCUT2D eigenvalue weighted by Gasteiger charge is 2.27. The number of benzene rings is 2. The molecule has 0 amide bonds. The summed E-state index contributed by atoms with van der Waals surface area (Å²) in [4.78, 5) is 7.18. The minimum Gasteiger partial charge on any atom is -0.490 e. The smallest absolute Gasteiger partial charge is 0.258 e. The molecule has 0 saturated carbocycles. The van der Waals surface area contributed by atoms with E-state index in [0.29, 0.717) is 42.3 Å². The van der Waals surface area contributed by atoms with E-state index < -0.39 is 0 Å². The van der Waals surface area contributed by atoms with Crippen LogP contribution in [0.5, 0.6) is 11.5 Å². The second kappa shape index (κ2) is 12.0. The van der Waals surface area contributed by atoms with Gasteiger partial charge in [-0.2, -0.15) is 4.98 Å². The van der Waals surface area contributed by atoms with Crippen molar-refractivity contribution in [3.05, 3.63) is 42.0 Å². The maximum absolute atomic E-state index is 5.76. The molecule has 0 radical (unpaired) electrons. The molecule has 4 rings (SSSR count). The molecule has 1 aliphatic heterocycles. The largest absolute Gasteiger partial charge is 0.490 e. The number of nitrogens with zero attached hydrogens (tertiary/aromatic N) is 3. The monoisotopic (exact) mass is 479 g/mol. The van der Waals surface area contributed by atoms with E-state index in [-0.39, 0.29) is 0 Å². The molecule has 1 aliphatic rings. The van der Waals surface area contributed by atoms with Gasteiger partial charge >= 0.3 is 0 Å². The zero-order chi connectivity index (χ0) is 24.6. The normalized spacial score (nSPS) is 14.7. The molecule has 0 aliphatic carbocycles. The van der Waals surface area contributed by atoms with Crippen molar-refractivity contribution in [1.29, 1.82) is 0 Å². The van der Waals surface area contributed by atoms with Crippen LogP contribution in [0.3, 0.4) is 0 Å². The zero-order valence-electron chi connectivity index (χ0n) is 21.3. The van der Waals surface area contributed by atoms with Gasteiger partial charge in [-0.05, 0) is 56.8 Å². The van der Waals surface area contributed by atoms with Crippen LogP contribution in [-0.2, 0) is 0 Å². The standard InChI is InChI=1S/C27H37N5O3/c1-5-32(6-2)15-14-28-17-20-18-29-22-11-9-10-21(25(20)22)26-30-27(35-31-26)19-12-13-23(33-7-3)24(16-19)34-8-4/h9-13,16,20,28-29H,5-8,14-15,17-18H2,1-4H3. The van der Waals surface area contributed by atoms with Crippen LogP contribution in [0, 0.1) is 0 Å². The van der Waals surface area contributed by atoms with Crippen LogP contribution in [0.25, 0.3) is 22.8 Å². The summed E-state index contributed by atoms with van der Waals surface area (Å²) in [6.07, 6.45) is 0. The van der Waals surface area contributed by atoms with Crippen LogP contribution < -0.4 is 20.1 Å². The summed E-state index contributed by atoms with van der Waals surface area (Å²) in [5, 5.41) is 11.5. The summed E-state index contributed by atoms with van der Waals surface area (Å²) >= 11 is 0. The molecule has 1 aromatic heterocycles. The molecule has 0 bridgehead atoms. The fourth-order valence-electron chi connectivity index (χ4n) is 4.55. The van der Waals surface area contributed by atoms with Gasteiger partial charge in [-0.15, -0.1) is 0 Å². The number of nitrogens with one attached hydrogen (secondary N) is 2. The molecule has 3 aromatic rings. The van der Waals surface area contributed by atoms with E-state index in [1.165, 1.54) is 5.56 Å². The fourth-order valence-corrected chi connectivity index (χ4v) is 4.55. The van der Waals surface area contributed by atoms with Gasteiger partial charge in [0, 0.05) is 48.9 Å². The van der Waals surface area contributed by atoms with Crippen molar-refractivity contribution in [3.63, 3.8) is 0 Å². The van der Waals surface area contributed by atoms with Gasteiger partial charge in [-0.25, -0.2) is 0 Å². The van der Waals surface area contributed by atoms with Crippen LogP contribution in [0.15, 0.2) is 40.9 Å². The Labute approximate surface area is 208 Å². The summed E-state index contributed by atoms with van der Waals surface area (Å²) in [6.45, 7) is 15.4. The van der Waals surface area contributed by atoms with Crippen molar-refractivity contribution in [2.75, 3.05) is 57.8 Å². The van der Waals surface area contributed by atoms with E-state index in [1.807, 2.05) is 38.1 Å². The summed E-state index contributed by atoms with van der Waals surface area (Å²) in [6, 6.07) is 11.9. The fraction of sp³-hybridized carbons (Fsp3) is 0.481.